The Hall–Kier alpha value is -3.59. The molecule has 2 fully saturated rings. The maximum absolute atomic E-state index is 13.8. The Morgan fingerprint density at radius 2 is 1.75 bits per heavy atom. The molecule has 188 valence electrons. The molecule has 1 aromatic carbocycles. The van der Waals surface area contributed by atoms with Gasteiger partial charge in [-0.2, -0.15) is 5.10 Å². The summed E-state index contributed by atoms with van der Waals surface area (Å²) in [7, 11) is 1.53. The van der Waals surface area contributed by atoms with Crippen LogP contribution in [0.5, 0.6) is 0 Å². The summed E-state index contributed by atoms with van der Waals surface area (Å²) in [4.78, 5) is 47.6. The number of hydrogen-bond acceptors (Lipinski definition) is 6. The molecule has 3 aromatic rings. The van der Waals surface area contributed by atoms with E-state index >= 15 is 0 Å². The minimum Gasteiger partial charge on any atom is -0.368 e. The van der Waals surface area contributed by atoms with E-state index in [4.69, 9.17) is 4.74 Å². The molecule has 9 nitrogen and oxygen atoms in total. The second kappa shape index (κ2) is 10.6. The van der Waals surface area contributed by atoms with Crippen LogP contribution in [0.25, 0.3) is 10.8 Å². The molecule has 3 heterocycles. The fraction of sp³-hybridized carbons (Fsp3) is 0.444. The second-order valence-corrected chi connectivity index (χ2v) is 9.60. The van der Waals surface area contributed by atoms with Crippen molar-refractivity contribution in [1.29, 1.82) is 0 Å². The van der Waals surface area contributed by atoms with Gasteiger partial charge in [0.05, 0.1) is 23.8 Å². The lowest BCUT2D eigenvalue weighted by Gasteiger charge is -2.34. The maximum Gasteiger partial charge on any atom is 0.275 e. The van der Waals surface area contributed by atoms with Gasteiger partial charge in [0.25, 0.3) is 11.5 Å². The first-order valence-electron chi connectivity index (χ1n) is 12.6. The van der Waals surface area contributed by atoms with Gasteiger partial charge < -0.3 is 14.5 Å². The van der Waals surface area contributed by atoms with Crippen LogP contribution in [0.2, 0.25) is 0 Å². The van der Waals surface area contributed by atoms with Crippen molar-refractivity contribution in [3.8, 4) is 0 Å². The summed E-state index contributed by atoms with van der Waals surface area (Å²) in [5.74, 6) is -0.458. The van der Waals surface area contributed by atoms with Crippen LogP contribution in [0, 0.1) is 0 Å². The van der Waals surface area contributed by atoms with Crippen LogP contribution in [0.4, 0.5) is 0 Å². The number of ether oxygens (including phenoxy) is 1. The first-order chi connectivity index (χ1) is 17.5. The van der Waals surface area contributed by atoms with Crippen molar-refractivity contribution in [3.05, 3.63) is 70.4 Å². The minimum absolute atomic E-state index is 0.0440. The predicted molar refractivity (Wildman–Crippen MR) is 134 cm³/mol. The fourth-order valence-corrected chi connectivity index (χ4v) is 5.24. The smallest absolute Gasteiger partial charge is 0.275 e. The third-order valence-electron chi connectivity index (χ3n) is 7.13. The van der Waals surface area contributed by atoms with E-state index in [2.05, 4.69) is 10.1 Å². The van der Waals surface area contributed by atoms with Crippen LogP contribution in [-0.4, -0.2) is 68.2 Å². The highest BCUT2D eigenvalue weighted by Crippen LogP contribution is 2.25. The van der Waals surface area contributed by atoms with Crippen molar-refractivity contribution in [2.45, 2.75) is 50.9 Å². The van der Waals surface area contributed by atoms with E-state index in [9.17, 15) is 14.4 Å². The molecule has 5 rings (SSSR count). The van der Waals surface area contributed by atoms with Crippen molar-refractivity contribution in [2.75, 3.05) is 19.6 Å². The topological polar surface area (TPSA) is 97.6 Å². The summed E-state index contributed by atoms with van der Waals surface area (Å²) >= 11 is 0. The summed E-state index contributed by atoms with van der Waals surface area (Å²) in [5, 5.41) is 5.20. The zero-order chi connectivity index (χ0) is 25.1. The number of carbonyl (C=O) groups excluding carboxylic acids is 2. The molecule has 0 spiro atoms. The Labute approximate surface area is 209 Å². The first-order valence-corrected chi connectivity index (χ1v) is 12.6. The molecule has 1 atom stereocenters. The van der Waals surface area contributed by atoms with E-state index < -0.39 is 0 Å². The molecule has 0 N–H and O–H groups in total. The van der Waals surface area contributed by atoms with E-state index in [1.807, 2.05) is 23.1 Å². The summed E-state index contributed by atoms with van der Waals surface area (Å²) in [6.45, 7) is 0.930. The van der Waals surface area contributed by atoms with E-state index in [-0.39, 0.29) is 48.3 Å². The number of fused-ring (bicyclic) bond motifs is 1. The highest BCUT2D eigenvalue weighted by molar-refractivity contribution is 6.05. The molecule has 2 aliphatic rings. The van der Waals surface area contributed by atoms with Gasteiger partial charge in [-0.1, -0.05) is 43.5 Å². The van der Waals surface area contributed by atoms with Crippen molar-refractivity contribution < 1.29 is 14.3 Å². The Balaban J connectivity index is 1.45. The fourth-order valence-electron chi connectivity index (χ4n) is 5.24. The highest BCUT2D eigenvalue weighted by atomic mass is 16.5. The monoisotopic (exact) mass is 489 g/mol. The Bertz CT molecular complexity index is 1300. The lowest BCUT2D eigenvalue weighted by Crippen LogP contribution is -2.46. The third-order valence-corrected chi connectivity index (χ3v) is 7.13. The van der Waals surface area contributed by atoms with Gasteiger partial charge >= 0.3 is 0 Å². The number of hydrogen-bond donors (Lipinski definition) is 0. The van der Waals surface area contributed by atoms with Gasteiger partial charge in [-0.25, -0.2) is 4.68 Å². The largest absolute Gasteiger partial charge is 0.368 e. The van der Waals surface area contributed by atoms with Crippen LogP contribution in [0.1, 0.15) is 48.3 Å². The van der Waals surface area contributed by atoms with Gasteiger partial charge in [0, 0.05) is 37.8 Å². The zero-order valence-electron chi connectivity index (χ0n) is 20.5. The molecule has 2 amide bonds. The molecule has 0 unspecified atom stereocenters. The summed E-state index contributed by atoms with van der Waals surface area (Å²) < 4.78 is 7.42. The minimum atomic E-state index is -0.382. The van der Waals surface area contributed by atoms with Gasteiger partial charge in [-0.3, -0.25) is 19.4 Å². The molecule has 2 aromatic heterocycles. The second-order valence-electron chi connectivity index (χ2n) is 9.60. The molecule has 0 bridgehead atoms. The number of rotatable bonds is 5. The Morgan fingerprint density at radius 1 is 1.00 bits per heavy atom. The highest BCUT2D eigenvalue weighted by Gasteiger charge is 2.36. The van der Waals surface area contributed by atoms with Crippen molar-refractivity contribution in [3.63, 3.8) is 0 Å². The number of nitrogens with zero attached hydrogens (tertiary/aromatic N) is 5. The van der Waals surface area contributed by atoms with Gasteiger partial charge in [0.15, 0.2) is 5.69 Å². The molecular weight excluding hydrogens is 458 g/mol. The van der Waals surface area contributed by atoms with Crippen molar-refractivity contribution in [1.82, 2.24) is 24.6 Å². The van der Waals surface area contributed by atoms with E-state index in [0.717, 1.165) is 31.4 Å². The molecule has 9 heteroatoms. The van der Waals surface area contributed by atoms with Crippen molar-refractivity contribution >= 4 is 22.6 Å². The van der Waals surface area contributed by atoms with Crippen molar-refractivity contribution in [2.24, 2.45) is 7.05 Å². The number of amides is 2. The number of aromatic nitrogens is 3. The number of pyridine rings is 1. The molecule has 1 saturated heterocycles. The first kappa shape index (κ1) is 24.1. The summed E-state index contributed by atoms with van der Waals surface area (Å²) in [5.41, 5.74) is 0.685. The molecule has 1 aliphatic carbocycles. The van der Waals surface area contributed by atoms with Gasteiger partial charge in [0.2, 0.25) is 5.91 Å². The number of benzene rings is 1. The number of aryl methyl sites for hydroxylation is 1. The third kappa shape index (κ3) is 5.02. The van der Waals surface area contributed by atoms with Crippen LogP contribution in [-0.2, 0) is 23.2 Å². The average Bonchev–Trinajstić information content (AvgIpc) is 3.09. The molecule has 1 saturated carbocycles. The van der Waals surface area contributed by atoms with E-state index in [1.165, 1.54) is 23.1 Å². The average molecular weight is 490 g/mol. The van der Waals surface area contributed by atoms with Gasteiger partial charge in [0.1, 0.15) is 6.54 Å². The molecular formula is C27H31N5O4. The lowest BCUT2D eigenvalue weighted by molar-refractivity contribution is -0.134. The predicted octanol–water partition coefficient (Wildman–Crippen LogP) is 2.53. The normalized spacial score (nSPS) is 19.5. The van der Waals surface area contributed by atoms with Crippen LogP contribution >= 0.6 is 0 Å². The molecule has 1 aliphatic heterocycles. The number of carbonyl (C=O) groups is 2. The van der Waals surface area contributed by atoms with Gasteiger partial charge in [-0.05, 0) is 31.0 Å². The quantitative estimate of drug-likeness (QED) is 0.546. The Morgan fingerprint density at radius 3 is 2.50 bits per heavy atom. The van der Waals surface area contributed by atoms with Crippen LogP contribution in [0.15, 0.2) is 53.5 Å². The van der Waals surface area contributed by atoms with E-state index in [1.54, 1.807) is 30.5 Å². The Kier molecular flexibility index (Phi) is 7.09. The summed E-state index contributed by atoms with van der Waals surface area (Å²) in [6.07, 6.45) is 6.68. The molecule has 0 radical (unpaired) electrons. The van der Waals surface area contributed by atoms with Gasteiger partial charge in [-0.15, -0.1) is 0 Å². The maximum atomic E-state index is 13.8. The standard InChI is InChI=1S/C27H31N5O4/c1-30-26(34)23-13-6-5-12-22(23)25(29-30)27(35)31-15-21(36-18-19-9-7-8-14-28-19)16-32(24(33)17-31)20-10-3-2-4-11-20/h5-9,12-14,20-21H,2-4,10-11,15-18H2,1H3/t21-/m0/s1. The van der Waals surface area contributed by atoms with Crippen LogP contribution < -0.4 is 5.56 Å². The summed E-state index contributed by atoms with van der Waals surface area (Å²) in [6, 6.07) is 12.8. The SMILES string of the molecule is Cn1nc(C(=O)N2CC(=O)N(C3CCCCC3)C[C@@H](OCc3ccccn3)C2)c2ccccc2c1=O. The van der Waals surface area contributed by atoms with Crippen LogP contribution in [0.3, 0.4) is 0 Å². The lowest BCUT2D eigenvalue weighted by atomic mass is 9.94. The van der Waals surface area contributed by atoms with E-state index in [0.29, 0.717) is 23.9 Å². The molecule has 36 heavy (non-hydrogen) atoms. The zero-order valence-corrected chi connectivity index (χ0v) is 20.5.